The maximum atomic E-state index is 9.71. The first-order chi connectivity index (χ1) is 12.6. The molecule has 0 radical (unpaired) electrons. The van der Waals surface area contributed by atoms with Crippen LogP contribution in [0.1, 0.15) is 28.3 Å². The Morgan fingerprint density at radius 1 is 1.42 bits per heavy atom. The number of nitrogens with zero attached hydrogens (tertiary/aromatic N) is 5. The Kier molecular flexibility index (Phi) is 3.98. The molecule has 0 unspecified atom stereocenters. The van der Waals surface area contributed by atoms with E-state index in [1.807, 2.05) is 32.3 Å². The standard InChI is InChI=1S/C19H20N6O/c1-12-15(10-24(2)23-12)18-14(8-20)19(21)22-17-5-6-25(11-16(17)18)9-13-4-3-7-26-13/h3-4,7,10H,5-6,9,11H2,1-2H3,(H2,21,22). The number of fused-ring (bicyclic) bond motifs is 1. The lowest BCUT2D eigenvalue weighted by Crippen LogP contribution is -2.31. The Balaban J connectivity index is 1.82. The molecule has 0 atom stereocenters. The van der Waals surface area contributed by atoms with E-state index in [-0.39, 0.29) is 0 Å². The van der Waals surface area contributed by atoms with E-state index in [1.54, 1.807) is 10.9 Å². The predicted molar refractivity (Wildman–Crippen MR) is 96.8 cm³/mol. The van der Waals surface area contributed by atoms with Crippen LogP contribution in [0, 0.1) is 18.3 Å². The molecular weight excluding hydrogens is 328 g/mol. The van der Waals surface area contributed by atoms with Crippen molar-refractivity contribution in [2.75, 3.05) is 12.3 Å². The summed E-state index contributed by atoms with van der Waals surface area (Å²) in [7, 11) is 1.88. The summed E-state index contributed by atoms with van der Waals surface area (Å²) in [4.78, 5) is 6.82. The van der Waals surface area contributed by atoms with Crippen molar-refractivity contribution in [1.29, 1.82) is 5.26 Å². The maximum Gasteiger partial charge on any atom is 0.142 e. The van der Waals surface area contributed by atoms with Crippen LogP contribution < -0.4 is 5.73 Å². The molecule has 1 aliphatic heterocycles. The van der Waals surface area contributed by atoms with Gasteiger partial charge in [0.25, 0.3) is 0 Å². The second kappa shape index (κ2) is 6.32. The molecule has 4 rings (SSSR count). The van der Waals surface area contributed by atoms with Crippen molar-refractivity contribution in [3.05, 3.63) is 52.9 Å². The molecule has 4 heterocycles. The first kappa shape index (κ1) is 16.4. The minimum Gasteiger partial charge on any atom is -0.468 e. The number of rotatable bonds is 3. The van der Waals surface area contributed by atoms with Crippen molar-refractivity contribution in [3.8, 4) is 17.2 Å². The largest absolute Gasteiger partial charge is 0.468 e. The number of hydrogen-bond donors (Lipinski definition) is 1. The Morgan fingerprint density at radius 3 is 2.92 bits per heavy atom. The molecule has 7 heteroatoms. The number of nitrogen functional groups attached to an aromatic ring is 1. The van der Waals surface area contributed by atoms with Crippen LogP contribution in [-0.2, 0) is 26.6 Å². The lowest BCUT2D eigenvalue weighted by Gasteiger charge is -2.29. The molecule has 2 N–H and O–H groups in total. The lowest BCUT2D eigenvalue weighted by molar-refractivity contribution is 0.224. The van der Waals surface area contributed by atoms with Crippen molar-refractivity contribution in [2.45, 2.75) is 26.4 Å². The molecule has 0 spiro atoms. The third kappa shape index (κ3) is 2.74. The summed E-state index contributed by atoms with van der Waals surface area (Å²) in [5.74, 6) is 1.22. The van der Waals surface area contributed by atoms with Gasteiger partial charge in [-0.2, -0.15) is 10.4 Å². The molecule has 0 saturated carbocycles. The zero-order valence-corrected chi connectivity index (χ0v) is 14.9. The van der Waals surface area contributed by atoms with E-state index in [0.29, 0.717) is 17.9 Å². The summed E-state index contributed by atoms with van der Waals surface area (Å²) in [5, 5.41) is 14.1. The van der Waals surface area contributed by atoms with Crippen LogP contribution in [0.15, 0.2) is 29.0 Å². The number of aryl methyl sites for hydroxylation is 2. The van der Waals surface area contributed by atoms with Crippen LogP contribution in [0.5, 0.6) is 0 Å². The smallest absolute Gasteiger partial charge is 0.142 e. The molecule has 0 saturated heterocycles. The van der Waals surface area contributed by atoms with Gasteiger partial charge in [-0.25, -0.2) is 4.98 Å². The van der Waals surface area contributed by atoms with Gasteiger partial charge in [-0.3, -0.25) is 9.58 Å². The Hall–Kier alpha value is -3.11. The monoisotopic (exact) mass is 348 g/mol. The van der Waals surface area contributed by atoms with E-state index in [2.05, 4.69) is 21.1 Å². The number of nitrogens with two attached hydrogens (primary N) is 1. The van der Waals surface area contributed by atoms with E-state index in [1.165, 1.54) is 0 Å². The number of furan rings is 1. The third-order valence-corrected chi connectivity index (χ3v) is 4.81. The van der Waals surface area contributed by atoms with E-state index in [4.69, 9.17) is 10.2 Å². The maximum absolute atomic E-state index is 9.71. The molecule has 26 heavy (non-hydrogen) atoms. The summed E-state index contributed by atoms with van der Waals surface area (Å²) in [5.41, 5.74) is 11.2. The first-order valence-corrected chi connectivity index (χ1v) is 8.53. The van der Waals surface area contributed by atoms with E-state index in [9.17, 15) is 5.26 Å². The highest BCUT2D eigenvalue weighted by Gasteiger charge is 2.27. The topological polar surface area (TPSA) is 96.9 Å². The Morgan fingerprint density at radius 2 is 2.27 bits per heavy atom. The normalized spacial score (nSPS) is 14.2. The van der Waals surface area contributed by atoms with Crippen LogP contribution in [0.3, 0.4) is 0 Å². The minimum absolute atomic E-state index is 0.295. The predicted octanol–water partition coefficient (Wildman–Crippen LogP) is 2.40. The highest BCUT2D eigenvalue weighted by Crippen LogP contribution is 2.36. The van der Waals surface area contributed by atoms with Crippen molar-refractivity contribution in [3.63, 3.8) is 0 Å². The summed E-state index contributed by atoms with van der Waals surface area (Å²) >= 11 is 0. The van der Waals surface area contributed by atoms with Gasteiger partial charge in [0.15, 0.2) is 0 Å². The van der Waals surface area contributed by atoms with Gasteiger partial charge >= 0.3 is 0 Å². The molecular formula is C19H20N6O. The zero-order valence-electron chi connectivity index (χ0n) is 14.9. The molecule has 1 aliphatic rings. The number of nitriles is 1. The average molecular weight is 348 g/mol. The molecule has 0 aromatic carbocycles. The summed E-state index contributed by atoms with van der Waals surface area (Å²) < 4.78 is 7.24. The Labute approximate surface area is 151 Å². The fourth-order valence-electron chi connectivity index (χ4n) is 3.65. The van der Waals surface area contributed by atoms with Crippen molar-refractivity contribution < 1.29 is 4.42 Å². The van der Waals surface area contributed by atoms with E-state index in [0.717, 1.165) is 53.3 Å². The quantitative estimate of drug-likeness (QED) is 0.780. The number of hydrogen-bond acceptors (Lipinski definition) is 6. The van der Waals surface area contributed by atoms with Crippen molar-refractivity contribution in [2.24, 2.45) is 7.05 Å². The Bertz CT molecular complexity index is 996. The van der Waals surface area contributed by atoms with Crippen molar-refractivity contribution >= 4 is 5.82 Å². The molecule has 0 aliphatic carbocycles. The third-order valence-electron chi connectivity index (χ3n) is 4.81. The molecule has 3 aromatic heterocycles. The minimum atomic E-state index is 0.295. The first-order valence-electron chi connectivity index (χ1n) is 8.53. The van der Waals surface area contributed by atoms with E-state index >= 15 is 0 Å². The summed E-state index contributed by atoms with van der Waals surface area (Å²) in [6, 6.07) is 6.12. The number of pyridine rings is 1. The van der Waals surface area contributed by atoms with Crippen LogP contribution in [0.4, 0.5) is 5.82 Å². The lowest BCUT2D eigenvalue weighted by atomic mass is 9.91. The van der Waals surface area contributed by atoms with Gasteiger partial charge in [-0.15, -0.1) is 0 Å². The van der Waals surface area contributed by atoms with Gasteiger partial charge in [-0.05, 0) is 24.6 Å². The second-order valence-corrected chi connectivity index (χ2v) is 6.63. The summed E-state index contributed by atoms with van der Waals surface area (Å²) in [6.45, 7) is 4.24. The molecule has 0 fully saturated rings. The van der Waals surface area contributed by atoms with Crippen LogP contribution in [0.2, 0.25) is 0 Å². The van der Waals surface area contributed by atoms with Crippen LogP contribution in [-0.4, -0.2) is 26.2 Å². The average Bonchev–Trinajstić information content (AvgIpc) is 3.23. The molecule has 7 nitrogen and oxygen atoms in total. The van der Waals surface area contributed by atoms with Gasteiger partial charge in [-0.1, -0.05) is 0 Å². The molecule has 0 amide bonds. The fourth-order valence-corrected chi connectivity index (χ4v) is 3.65. The van der Waals surface area contributed by atoms with E-state index < -0.39 is 0 Å². The van der Waals surface area contributed by atoms with Gasteiger partial charge in [0.05, 0.1) is 18.5 Å². The number of aromatic nitrogens is 3. The number of anilines is 1. The zero-order chi connectivity index (χ0) is 18.3. The molecule has 0 bridgehead atoms. The van der Waals surface area contributed by atoms with Crippen LogP contribution >= 0.6 is 0 Å². The molecule has 132 valence electrons. The summed E-state index contributed by atoms with van der Waals surface area (Å²) in [6.07, 6.45) is 4.42. The van der Waals surface area contributed by atoms with Crippen LogP contribution in [0.25, 0.3) is 11.1 Å². The van der Waals surface area contributed by atoms with Gasteiger partial charge < -0.3 is 10.2 Å². The fraction of sp³-hybridized carbons (Fsp3) is 0.316. The van der Waals surface area contributed by atoms with Gasteiger partial charge in [0, 0.05) is 49.6 Å². The van der Waals surface area contributed by atoms with Gasteiger partial charge in [0.2, 0.25) is 0 Å². The van der Waals surface area contributed by atoms with Gasteiger partial charge in [0.1, 0.15) is 23.2 Å². The van der Waals surface area contributed by atoms with Crippen molar-refractivity contribution in [1.82, 2.24) is 19.7 Å². The SMILES string of the molecule is Cc1nn(C)cc1-c1c(C#N)c(N)nc2c1CN(Cc1ccco1)CC2. The highest BCUT2D eigenvalue weighted by molar-refractivity contribution is 5.80. The second-order valence-electron chi connectivity index (χ2n) is 6.63. The highest BCUT2D eigenvalue weighted by atomic mass is 16.3. The molecule has 3 aromatic rings.